The lowest BCUT2D eigenvalue weighted by Gasteiger charge is -2.22. The summed E-state index contributed by atoms with van der Waals surface area (Å²) in [5.74, 6) is 1.49. The zero-order chi connectivity index (χ0) is 9.61. The maximum absolute atomic E-state index is 5.85. The topological polar surface area (TPSA) is 0 Å². The summed E-state index contributed by atoms with van der Waals surface area (Å²) in [5, 5.41) is 0. The summed E-state index contributed by atoms with van der Waals surface area (Å²) in [4.78, 5) is 0. The SMILES string of the molecule is C=CC(C)(CCl)CCCC(C)C. The van der Waals surface area contributed by atoms with Gasteiger partial charge in [0.2, 0.25) is 0 Å². The summed E-state index contributed by atoms with van der Waals surface area (Å²) in [7, 11) is 0. The molecule has 0 nitrogen and oxygen atoms in total. The van der Waals surface area contributed by atoms with E-state index in [1.165, 1.54) is 12.8 Å². The van der Waals surface area contributed by atoms with Crippen LogP contribution < -0.4 is 0 Å². The molecule has 0 aromatic carbocycles. The molecule has 0 rings (SSSR count). The van der Waals surface area contributed by atoms with E-state index in [0.29, 0.717) is 5.88 Å². The maximum atomic E-state index is 5.85. The molecule has 0 saturated carbocycles. The van der Waals surface area contributed by atoms with Gasteiger partial charge < -0.3 is 0 Å². The van der Waals surface area contributed by atoms with Crippen molar-refractivity contribution in [1.82, 2.24) is 0 Å². The van der Waals surface area contributed by atoms with Crippen molar-refractivity contribution in [2.45, 2.75) is 40.0 Å². The van der Waals surface area contributed by atoms with Gasteiger partial charge in [0, 0.05) is 5.88 Å². The van der Waals surface area contributed by atoms with E-state index in [1.807, 2.05) is 6.08 Å². The Morgan fingerprint density at radius 2 is 2.08 bits per heavy atom. The van der Waals surface area contributed by atoms with E-state index in [9.17, 15) is 0 Å². The van der Waals surface area contributed by atoms with Crippen LogP contribution in [0.2, 0.25) is 0 Å². The molecule has 0 heterocycles. The lowest BCUT2D eigenvalue weighted by Crippen LogP contribution is -2.14. The molecule has 0 amide bonds. The van der Waals surface area contributed by atoms with Crippen molar-refractivity contribution in [1.29, 1.82) is 0 Å². The molecular weight excluding hydrogens is 168 g/mol. The predicted octanol–water partition coefficient (Wildman–Crippen LogP) is 4.24. The third-order valence-corrected chi connectivity index (χ3v) is 2.94. The molecule has 0 radical (unpaired) electrons. The van der Waals surface area contributed by atoms with Crippen molar-refractivity contribution in [3.8, 4) is 0 Å². The molecule has 0 aromatic heterocycles. The highest BCUT2D eigenvalue weighted by atomic mass is 35.5. The monoisotopic (exact) mass is 188 g/mol. The quantitative estimate of drug-likeness (QED) is 0.432. The van der Waals surface area contributed by atoms with Gasteiger partial charge in [-0.25, -0.2) is 0 Å². The first-order valence-electron chi connectivity index (χ1n) is 4.73. The Balaban J connectivity index is 3.66. The van der Waals surface area contributed by atoms with Crippen LogP contribution in [0.3, 0.4) is 0 Å². The fourth-order valence-corrected chi connectivity index (χ4v) is 1.38. The minimum Gasteiger partial charge on any atom is -0.126 e. The maximum Gasteiger partial charge on any atom is 0.0311 e. The van der Waals surface area contributed by atoms with E-state index >= 15 is 0 Å². The van der Waals surface area contributed by atoms with E-state index in [4.69, 9.17) is 11.6 Å². The van der Waals surface area contributed by atoms with Crippen LogP contribution in [0.4, 0.5) is 0 Å². The molecule has 0 aliphatic rings. The molecule has 1 heteroatoms. The van der Waals surface area contributed by atoms with Crippen LogP contribution in [0.15, 0.2) is 12.7 Å². The molecule has 0 saturated heterocycles. The lowest BCUT2D eigenvalue weighted by atomic mass is 9.86. The molecule has 0 aliphatic carbocycles. The summed E-state index contributed by atoms with van der Waals surface area (Å²) in [5.41, 5.74) is 0.149. The number of hydrogen-bond acceptors (Lipinski definition) is 0. The van der Waals surface area contributed by atoms with Crippen molar-refractivity contribution in [3.05, 3.63) is 12.7 Å². The normalized spacial score (nSPS) is 16.1. The van der Waals surface area contributed by atoms with Crippen molar-refractivity contribution < 1.29 is 0 Å². The van der Waals surface area contributed by atoms with Gasteiger partial charge in [0.1, 0.15) is 0 Å². The number of allylic oxidation sites excluding steroid dienone is 1. The highest BCUT2D eigenvalue weighted by Gasteiger charge is 2.17. The second kappa shape index (κ2) is 5.64. The minimum atomic E-state index is 0.149. The number of halogens is 1. The third kappa shape index (κ3) is 4.82. The molecule has 12 heavy (non-hydrogen) atoms. The second-order valence-electron chi connectivity index (χ2n) is 4.28. The second-order valence-corrected chi connectivity index (χ2v) is 4.55. The van der Waals surface area contributed by atoms with Crippen LogP contribution in [-0.2, 0) is 0 Å². The van der Waals surface area contributed by atoms with Crippen molar-refractivity contribution in [2.24, 2.45) is 11.3 Å². The first kappa shape index (κ1) is 12.0. The van der Waals surface area contributed by atoms with E-state index in [0.717, 1.165) is 12.3 Å². The summed E-state index contributed by atoms with van der Waals surface area (Å²) in [6.07, 6.45) is 5.70. The Morgan fingerprint density at radius 3 is 2.42 bits per heavy atom. The smallest absolute Gasteiger partial charge is 0.0311 e. The Kier molecular flexibility index (Phi) is 5.65. The third-order valence-electron chi connectivity index (χ3n) is 2.33. The van der Waals surface area contributed by atoms with Gasteiger partial charge in [-0.15, -0.1) is 18.2 Å². The Hall–Kier alpha value is 0.0300. The lowest BCUT2D eigenvalue weighted by molar-refractivity contribution is 0.399. The fourth-order valence-electron chi connectivity index (χ4n) is 1.14. The van der Waals surface area contributed by atoms with Crippen molar-refractivity contribution in [2.75, 3.05) is 5.88 Å². The summed E-state index contributed by atoms with van der Waals surface area (Å²) < 4.78 is 0. The molecule has 0 fully saturated rings. The van der Waals surface area contributed by atoms with E-state index < -0.39 is 0 Å². The van der Waals surface area contributed by atoms with Crippen molar-refractivity contribution >= 4 is 11.6 Å². The molecule has 1 unspecified atom stereocenters. The molecule has 0 N–H and O–H groups in total. The Bertz CT molecular complexity index is 129. The largest absolute Gasteiger partial charge is 0.126 e. The Labute approximate surface area is 82.0 Å². The first-order chi connectivity index (χ1) is 5.54. The van der Waals surface area contributed by atoms with Gasteiger partial charge in [0.15, 0.2) is 0 Å². The number of rotatable bonds is 6. The summed E-state index contributed by atoms with van der Waals surface area (Å²) >= 11 is 5.85. The van der Waals surface area contributed by atoms with Gasteiger partial charge in [-0.2, -0.15) is 0 Å². The van der Waals surface area contributed by atoms with E-state index in [-0.39, 0.29) is 5.41 Å². The van der Waals surface area contributed by atoms with Crippen LogP contribution in [0.5, 0.6) is 0 Å². The van der Waals surface area contributed by atoms with E-state index in [1.54, 1.807) is 0 Å². The Morgan fingerprint density at radius 1 is 1.50 bits per heavy atom. The highest BCUT2D eigenvalue weighted by molar-refractivity contribution is 6.18. The molecular formula is C11H21Cl. The van der Waals surface area contributed by atoms with Gasteiger partial charge in [-0.3, -0.25) is 0 Å². The zero-order valence-corrected chi connectivity index (χ0v) is 9.32. The highest BCUT2D eigenvalue weighted by Crippen LogP contribution is 2.27. The molecule has 0 aromatic rings. The fraction of sp³-hybridized carbons (Fsp3) is 0.818. The van der Waals surface area contributed by atoms with Gasteiger partial charge >= 0.3 is 0 Å². The molecule has 0 aliphatic heterocycles. The van der Waals surface area contributed by atoms with Crippen LogP contribution in [0.1, 0.15) is 40.0 Å². The van der Waals surface area contributed by atoms with Crippen LogP contribution in [0, 0.1) is 11.3 Å². The van der Waals surface area contributed by atoms with Gasteiger partial charge in [-0.1, -0.05) is 39.7 Å². The van der Waals surface area contributed by atoms with Gasteiger partial charge in [0.05, 0.1) is 0 Å². The number of hydrogen-bond donors (Lipinski definition) is 0. The average Bonchev–Trinajstić information content (AvgIpc) is 2.03. The molecule has 72 valence electrons. The standard InChI is InChI=1S/C11H21Cl/c1-5-11(4,9-12)8-6-7-10(2)3/h5,10H,1,6-9H2,2-4H3. The van der Waals surface area contributed by atoms with Crippen molar-refractivity contribution in [3.63, 3.8) is 0 Å². The molecule has 1 atom stereocenters. The van der Waals surface area contributed by atoms with Crippen LogP contribution in [0.25, 0.3) is 0 Å². The van der Waals surface area contributed by atoms with Crippen LogP contribution >= 0.6 is 11.6 Å². The summed E-state index contributed by atoms with van der Waals surface area (Å²) in [6, 6.07) is 0. The number of alkyl halides is 1. The molecule has 0 spiro atoms. The first-order valence-corrected chi connectivity index (χ1v) is 5.27. The molecule has 0 bridgehead atoms. The zero-order valence-electron chi connectivity index (χ0n) is 8.57. The minimum absolute atomic E-state index is 0.149. The average molecular weight is 189 g/mol. The van der Waals surface area contributed by atoms with Gasteiger partial charge in [0.25, 0.3) is 0 Å². The summed E-state index contributed by atoms with van der Waals surface area (Å²) in [6.45, 7) is 10.5. The van der Waals surface area contributed by atoms with Crippen LogP contribution in [-0.4, -0.2) is 5.88 Å². The van der Waals surface area contributed by atoms with E-state index in [2.05, 4.69) is 27.4 Å². The predicted molar refractivity (Wildman–Crippen MR) is 57.7 cm³/mol. The van der Waals surface area contributed by atoms with Gasteiger partial charge in [-0.05, 0) is 17.8 Å².